The summed E-state index contributed by atoms with van der Waals surface area (Å²) < 4.78 is 0. The molecule has 0 aromatic carbocycles. The number of nitrogens with zero attached hydrogens (tertiary/aromatic N) is 1. The first-order chi connectivity index (χ1) is 8.25. The maximum absolute atomic E-state index is 11.9. The molecule has 0 aliphatic carbocycles. The predicted octanol–water partition coefficient (Wildman–Crippen LogP) is 2.00. The molecule has 1 N–H and O–H groups in total. The minimum Gasteiger partial charge on any atom is -0.313 e. The van der Waals surface area contributed by atoms with Gasteiger partial charge in [-0.1, -0.05) is 12.5 Å². The van der Waals surface area contributed by atoms with E-state index in [1.54, 1.807) is 0 Å². The second kappa shape index (κ2) is 6.28. The van der Waals surface area contributed by atoms with Crippen LogP contribution in [-0.2, 0) is 0 Å². The van der Waals surface area contributed by atoms with E-state index < -0.39 is 0 Å². The number of likely N-dealkylation sites (N-methyl/N-ethyl adjacent to an activating group) is 1. The molecular weight excluding hydrogens is 232 g/mol. The Balaban J connectivity index is 1.76. The fourth-order valence-corrected chi connectivity index (χ4v) is 2.94. The molecule has 1 aromatic rings. The standard InChI is InChI=1S/C13H20N2OS/c1-15(9-11-5-2-3-7-14-11)10-12(16)13-6-4-8-17-13/h4,6,8,11,14H,2-3,5,7,9-10H2,1H3. The summed E-state index contributed by atoms with van der Waals surface area (Å²) in [6, 6.07) is 4.39. The van der Waals surface area contributed by atoms with Gasteiger partial charge in [-0.2, -0.15) is 0 Å². The lowest BCUT2D eigenvalue weighted by molar-refractivity contribution is 0.0943. The molecule has 0 spiro atoms. The molecule has 0 amide bonds. The van der Waals surface area contributed by atoms with Crippen molar-refractivity contribution in [1.29, 1.82) is 0 Å². The molecule has 1 fully saturated rings. The molecule has 17 heavy (non-hydrogen) atoms. The number of Topliss-reactive ketones (excluding diaryl/α,β-unsaturated/α-hetero) is 1. The molecule has 1 aromatic heterocycles. The third kappa shape index (κ3) is 3.91. The van der Waals surface area contributed by atoms with Crippen LogP contribution in [0.3, 0.4) is 0 Å². The highest BCUT2D eigenvalue weighted by Gasteiger charge is 2.16. The second-order valence-corrected chi connectivity index (χ2v) is 5.69. The number of thiophene rings is 1. The molecule has 1 saturated heterocycles. The van der Waals surface area contributed by atoms with Gasteiger partial charge in [0.05, 0.1) is 11.4 Å². The van der Waals surface area contributed by atoms with E-state index in [0.29, 0.717) is 12.6 Å². The quantitative estimate of drug-likeness (QED) is 0.814. The Kier molecular flexibility index (Phi) is 4.71. The van der Waals surface area contributed by atoms with Crippen LogP contribution in [0.1, 0.15) is 28.9 Å². The highest BCUT2D eigenvalue weighted by Crippen LogP contribution is 2.11. The third-order valence-electron chi connectivity index (χ3n) is 3.15. The van der Waals surface area contributed by atoms with Crippen molar-refractivity contribution in [3.05, 3.63) is 22.4 Å². The Morgan fingerprint density at radius 1 is 1.59 bits per heavy atom. The fourth-order valence-electron chi connectivity index (χ4n) is 2.28. The van der Waals surface area contributed by atoms with E-state index in [2.05, 4.69) is 10.2 Å². The van der Waals surface area contributed by atoms with Gasteiger partial charge in [-0.05, 0) is 37.9 Å². The van der Waals surface area contributed by atoms with Gasteiger partial charge in [0.1, 0.15) is 0 Å². The smallest absolute Gasteiger partial charge is 0.186 e. The molecule has 1 atom stereocenters. The number of carbonyl (C=O) groups excluding carboxylic acids is 1. The minimum atomic E-state index is 0.235. The van der Waals surface area contributed by atoms with E-state index in [1.165, 1.54) is 30.6 Å². The molecular formula is C13H20N2OS. The van der Waals surface area contributed by atoms with Gasteiger partial charge in [0, 0.05) is 12.6 Å². The minimum absolute atomic E-state index is 0.235. The molecule has 3 nitrogen and oxygen atoms in total. The van der Waals surface area contributed by atoms with E-state index in [-0.39, 0.29) is 5.78 Å². The number of hydrogen-bond donors (Lipinski definition) is 1. The van der Waals surface area contributed by atoms with Crippen LogP contribution in [0.25, 0.3) is 0 Å². The number of piperidine rings is 1. The zero-order chi connectivity index (χ0) is 12.1. The lowest BCUT2D eigenvalue weighted by Crippen LogP contribution is -2.43. The highest BCUT2D eigenvalue weighted by molar-refractivity contribution is 7.12. The Hall–Kier alpha value is -0.710. The maximum Gasteiger partial charge on any atom is 0.186 e. The molecule has 94 valence electrons. The van der Waals surface area contributed by atoms with Crippen LogP contribution in [0.4, 0.5) is 0 Å². The van der Waals surface area contributed by atoms with Crippen molar-refractivity contribution in [2.75, 3.05) is 26.7 Å². The van der Waals surface area contributed by atoms with Crippen LogP contribution in [0.5, 0.6) is 0 Å². The lowest BCUT2D eigenvalue weighted by Gasteiger charge is -2.27. The van der Waals surface area contributed by atoms with E-state index in [0.717, 1.165) is 18.0 Å². The van der Waals surface area contributed by atoms with Gasteiger partial charge in [0.2, 0.25) is 0 Å². The van der Waals surface area contributed by atoms with Gasteiger partial charge < -0.3 is 5.32 Å². The SMILES string of the molecule is CN(CC(=O)c1cccs1)CC1CCCCN1. The van der Waals surface area contributed by atoms with Crippen molar-refractivity contribution < 1.29 is 4.79 Å². The van der Waals surface area contributed by atoms with E-state index >= 15 is 0 Å². The lowest BCUT2D eigenvalue weighted by atomic mass is 10.0. The molecule has 4 heteroatoms. The van der Waals surface area contributed by atoms with Gasteiger partial charge in [0.15, 0.2) is 5.78 Å². The Morgan fingerprint density at radius 2 is 2.47 bits per heavy atom. The topological polar surface area (TPSA) is 32.3 Å². The van der Waals surface area contributed by atoms with Crippen molar-refractivity contribution in [3.63, 3.8) is 0 Å². The summed E-state index contributed by atoms with van der Waals surface area (Å²) in [4.78, 5) is 14.9. The summed E-state index contributed by atoms with van der Waals surface area (Å²) in [7, 11) is 2.03. The summed E-state index contributed by atoms with van der Waals surface area (Å²) in [6.07, 6.45) is 3.83. The summed E-state index contributed by atoms with van der Waals surface area (Å²) in [5, 5.41) is 5.46. The first-order valence-electron chi connectivity index (χ1n) is 6.24. The Labute approximate surface area is 107 Å². The van der Waals surface area contributed by atoms with Gasteiger partial charge in [-0.3, -0.25) is 9.69 Å². The number of nitrogens with one attached hydrogen (secondary N) is 1. The van der Waals surface area contributed by atoms with Gasteiger partial charge in [-0.15, -0.1) is 11.3 Å². The van der Waals surface area contributed by atoms with Crippen LogP contribution >= 0.6 is 11.3 Å². The van der Waals surface area contributed by atoms with Crippen LogP contribution in [0.2, 0.25) is 0 Å². The second-order valence-electron chi connectivity index (χ2n) is 4.74. The Bertz CT molecular complexity index is 344. The van der Waals surface area contributed by atoms with Crippen molar-refractivity contribution in [1.82, 2.24) is 10.2 Å². The zero-order valence-electron chi connectivity index (χ0n) is 10.3. The van der Waals surface area contributed by atoms with E-state index in [9.17, 15) is 4.79 Å². The molecule has 2 heterocycles. The van der Waals surface area contributed by atoms with Crippen LogP contribution in [0.15, 0.2) is 17.5 Å². The largest absolute Gasteiger partial charge is 0.313 e. The maximum atomic E-state index is 11.9. The molecule has 1 aliphatic heterocycles. The van der Waals surface area contributed by atoms with Crippen molar-refractivity contribution in [2.24, 2.45) is 0 Å². The summed E-state index contributed by atoms with van der Waals surface area (Å²) >= 11 is 1.53. The fraction of sp³-hybridized carbons (Fsp3) is 0.615. The van der Waals surface area contributed by atoms with Crippen molar-refractivity contribution >= 4 is 17.1 Å². The zero-order valence-corrected chi connectivity index (χ0v) is 11.1. The molecule has 0 radical (unpaired) electrons. The van der Waals surface area contributed by atoms with Crippen molar-refractivity contribution in [3.8, 4) is 0 Å². The van der Waals surface area contributed by atoms with Crippen LogP contribution in [-0.4, -0.2) is 43.4 Å². The molecule has 1 unspecified atom stereocenters. The monoisotopic (exact) mass is 252 g/mol. The van der Waals surface area contributed by atoms with Crippen LogP contribution in [0, 0.1) is 0 Å². The van der Waals surface area contributed by atoms with Crippen molar-refractivity contribution in [2.45, 2.75) is 25.3 Å². The average Bonchev–Trinajstić information content (AvgIpc) is 2.83. The van der Waals surface area contributed by atoms with Gasteiger partial charge in [-0.25, -0.2) is 0 Å². The first-order valence-corrected chi connectivity index (χ1v) is 7.12. The number of hydrogen-bond acceptors (Lipinski definition) is 4. The summed E-state index contributed by atoms with van der Waals surface area (Å²) in [6.45, 7) is 2.62. The predicted molar refractivity (Wildman–Crippen MR) is 71.8 cm³/mol. The normalized spacial score (nSPS) is 20.7. The number of rotatable bonds is 5. The van der Waals surface area contributed by atoms with Crippen LogP contribution < -0.4 is 5.32 Å². The number of carbonyl (C=O) groups is 1. The molecule has 1 aliphatic rings. The third-order valence-corrected chi connectivity index (χ3v) is 4.06. The highest BCUT2D eigenvalue weighted by atomic mass is 32.1. The summed E-state index contributed by atoms with van der Waals surface area (Å²) in [5.41, 5.74) is 0. The van der Waals surface area contributed by atoms with Gasteiger partial charge >= 0.3 is 0 Å². The van der Waals surface area contributed by atoms with E-state index in [4.69, 9.17) is 0 Å². The molecule has 0 saturated carbocycles. The molecule has 2 rings (SSSR count). The van der Waals surface area contributed by atoms with Gasteiger partial charge in [0.25, 0.3) is 0 Å². The average molecular weight is 252 g/mol. The van der Waals surface area contributed by atoms with E-state index in [1.807, 2.05) is 24.6 Å². The Morgan fingerprint density at radius 3 is 3.12 bits per heavy atom. The molecule has 0 bridgehead atoms. The number of ketones is 1. The first kappa shape index (κ1) is 12.7. The summed E-state index contributed by atoms with van der Waals surface area (Å²) in [5.74, 6) is 0.235.